The van der Waals surface area contributed by atoms with E-state index in [2.05, 4.69) is 15.5 Å². The monoisotopic (exact) mass is 290 g/mol. The maximum atomic E-state index is 11.8. The van der Waals surface area contributed by atoms with Gasteiger partial charge in [0.05, 0.1) is 12.0 Å². The molecule has 0 radical (unpaired) electrons. The van der Waals surface area contributed by atoms with Crippen LogP contribution in [-0.4, -0.2) is 31.3 Å². The lowest BCUT2D eigenvalue weighted by Gasteiger charge is -2.33. The predicted octanol–water partition coefficient (Wildman–Crippen LogP) is 2.22. The Labute approximate surface area is 123 Å². The molecule has 4 rings (SSSR count). The normalized spacial score (nSPS) is 33.6. The van der Waals surface area contributed by atoms with E-state index in [1.54, 1.807) is 0 Å². The molecule has 0 aromatic carbocycles. The smallest absolute Gasteiger partial charge is 0.311 e. The van der Waals surface area contributed by atoms with Gasteiger partial charge in [0.15, 0.2) is 5.82 Å². The van der Waals surface area contributed by atoms with Crippen LogP contribution < -0.4 is 0 Å². The molecule has 1 aromatic heterocycles. The number of hydrogen-bond acceptors (Lipinski definition) is 4. The van der Waals surface area contributed by atoms with Gasteiger partial charge in [-0.3, -0.25) is 4.79 Å². The first-order chi connectivity index (χ1) is 10.2. The lowest BCUT2D eigenvalue weighted by atomic mass is 9.74. The number of hydrogen-bond donors (Lipinski definition) is 1. The van der Waals surface area contributed by atoms with Crippen molar-refractivity contribution in [1.29, 1.82) is 0 Å². The zero-order valence-electron chi connectivity index (χ0n) is 12.2. The quantitative estimate of drug-likeness (QED) is 0.919. The van der Waals surface area contributed by atoms with Crippen molar-refractivity contribution in [3.63, 3.8) is 0 Å². The van der Waals surface area contributed by atoms with Gasteiger partial charge in [0.1, 0.15) is 0 Å². The van der Waals surface area contributed by atoms with Crippen LogP contribution in [0.2, 0.25) is 0 Å². The molecule has 6 heteroatoms. The Morgan fingerprint density at radius 3 is 2.57 bits per heavy atom. The fourth-order valence-corrected chi connectivity index (χ4v) is 4.72. The van der Waals surface area contributed by atoms with E-state index < -0.39 is 11.4 Å². The molecular weight excluding hydrogens is 268 g/mol. The SMILES string of the molecule is O=C(O)C1(Cn2nnnc2C2C3CCCC32)CCCCC1. The molecule has 0 aliphatic heterocycles. The zero-order chi connectivity index (χ0) is 14.4. The fraction of sp³-hybridized carbons (Fsp3) is 0.867. The minimum atomic E-state index is -0.681. The maximum Gasteiger partial charge on any atom is 0.311 e. The van der Waals surface area contributed by atoms with Gasteiger partial charge in [0.2, 0.25) is 0 Å². The Morgan fingerprint density at radius 2 is 1.90 bits per heavy atom. The summed E-state index contributed by atoms with van der Waals surface area (Å²) in [5, 5.41) is 21.9. The van der Waals surface area contributed by atoms with Gasteiger partial charge in [-0.2, -0.15) is 0 Å². The summed E-state index contributed by atoms with van der Waals surface area (Å²) in [5.41, 5.74) is -0.660. The van der Waals surface area contributed by atoms with Crippen LogP contribution in [0, 0.1) is 17.3 Å². The molecule has 2 unspecified atom stereocenters. The van der Waals surface area contributed by atoms with Crippen molar-refractivity contribution in [1.82, 2.24) is 20.2 Å². The lowest BCUT2D eigenvalue weighted by molar-refractivity contribution is -0.152. The Balaban J connectivity index is 1.57. The molecule has 0 amide bonds. The molecular formula is C15H22N4O2. The number of carbonyl (C=O) groups is 1. The summed E-state index contributed by atoms with van der Waals surface area (Å²) in [6.07, 6.45) is 8.53. The molecule has 3 aliphatic carbocycles. The number of carboxylic acids is 1. The first-order valence-electron chi connectivity index (χ1n) is 8.21. The van der Waals surface area contributed by atoms with E-state index >= 15 is 0 Å². The molecule has 6 nitrogen and oxygen atoms in total. The fourth-order valence-electron chi connectivity index (χ4n) is 4.72. The number of carboxylic acid groups (broad SMARTS) is 1. The molecule has 3 fully saturated rings. The molecule has 2 atom stereocenters. The second-order valence-corrected chi connectivity index (χ2v) is 7.13. The predicted molar refractivity (Wildman–Crippen MR) is 74.5 cm³/mol. The molecule has 114 valence electrons. The summed E-state index contributed by atoms with van der Waals surface area (Å²) >= 11 is 0. The Kier molecular flexibility index (Phi) is 3.01. The summed E-state index contributed by atoms with van der Waals surface area (Å²) in [5.74, 6) is 2.25. The van der Waals surface area contributed by atoms with Crippen LogP contribution in [-0.2, 0) is 11.3 Å². The van der Waals surface area contributed by atoms with Crippen LogP contribution in [0.25, 0.3) is 0 Å². The van der Waals surface area contributed by atoms with Gasteiger partial charge in [-0.25, -0.2) is 4.68 Å². The van der Waals surface area contributed by atoms with Crippen LogP contribution >= 0.6 is 0 Å². The number of tetrazole rings is 1. The van der Waals surface area contributed by atoms with Gasteiger partial charge in [0.25, 0.3) is 0 Å². The first kappa shape index (κ1) is 13.2. The second-order valence-electron chi connectivity index (χ2n) is 7.13. The van der Waals surface area contributed by atoms with E-state index in [0.717, 1.165) is 49.8 Å². The van der Waals surface area contributed by atoms with Gasteiger partial charge >= 0.3 is 5.97 Å². The highest BCUT2D eigenvalue weighted by Crippen LogP contribution is 2.62. The third kappa shape index (κ3) is 2.07. The summed E-state index contributed by atoms with van der Waals surface area (Å²) in [7, 11) is 0. The Bertz CT molecular complexity index is 540. The highest BCUT2D eigenvalue weighted by atomic mass is 16.4. The van der Waals surface area contributed by atoms with Crippen LogP contribution in [0.5, 0.6) is 0 Å². The lowest BCUT2D eigenvalue weighted by Crippen LogP contribution is -2.38. The molecule has 0 spiro atoms. The van der Waals surface area contributed by atoms with Crippen LogP contribution in [0.4, 0.5) is 0 Å². The van der Waals surface area contributed by atoms with Crippen molar-refractivity contribution in [2.45, 2.75) is 63.8 Å². The molecule has 1 aromatic rings. The van der Waals surface area contributed by atoms with Crippen molar-refractivity contribution in [2.75, 3.05) is 0 Å². The third-order valence-electron chi connectivity index (χ3n) is 5.98. The van der Waals surface area contributed by atoms with Crippen molar-refractivity contribution >= 4 is 5.97 Å². The maximum absolute atomic E-state index is 11.8. The topological polar surface area (TPSA) is 80.9 Å². The second kappa shape index (κ2) is 4.78. The van der Waals surface area contributed by atoms with Gasteiger partial charge in [-0.15, -0.1) is 5.10 Å². The highest BCUT2D eigenvalue weighted by molar-refractivity contribution is 5.74. The highest BCUT2D eigenvalue weighted by Gasteiger charge is 2.56. The molecule has 3 aliphatic rings. The first-order valence-corrected chi connectivity index (χ1v) is 8.21. The van der Waals surface area contributed by atoms with E-state index in [0.29, 0.717) is 12.5 Å². The van der Waals surface area contributed by atoms with E-state index in [9.17, 15) is 9.90 Å². The van der Waals surface area contributed by atoms with Crippen LogP contribution in [0.1, 0.15) is 63.1 Å². The third-order valence-corrected chi connectivity index (χ3v) is 5.98. The Hall–Kier alpha value is -1.46. The number of aromatic nitrogens is 4. The summed E-state index contributed by atoms with van der Waals surface area (Å²) in [6.45, 7) is 0.445. The Morgan fingerprint density at radius 1 is 1.19 bits per heavy atom. The van der Waals surface area contributed by atoms with Crippen molar-refractivity contribution in [2.24, 2.45) is 17.3 Å². The molecule has 3 saturated carbocycles. The number of fused-ring (bicyclic) bond motifs is 1. The van der Waals surface area contributed by atoms with Crippen molar-refractivity contribution in [3.8, 4) is 0 Å². The average molecular weight is 290 g/mol. The minimum Gasteiger partial charge on any atom is -0.481 e. The van der Waals surface area contributed by atoms with Crippen molar-refractivity contribution < 1.29 is 9.90 Å². The molecule has 21 heavy (non-hydrogen) atoms. The minimum absolute atomic E-state index is 0.445. The molecule has 0 saturated heterocycles. The number of aliphatic carboxylic acids is 1. The van der Waals surface area contributed by atoms with Crippen LogP contribution in [0.3, 0.4) is 0 Å². The number of nitrogens with zero attached hydrogens (tertiary/aromatic N) is 4. The van der Waals surface area contributed by atoms with Gasteiger partial charge in [-0.1, -0.05) is 25.7 Å². The van der Waals surface area contributed by atoms with Gasteiger partial charge < -0.3 is 5.11 Å². The van der Waals surface area contributed by atoms with E-state index in [-0.39, 0.29) is 0 Å². The van der Waals surface area contributed by atoms with E-state index in [4.69, 9.17) is 0 Å². The van der Waals surface area contributed by atoms with E-state index in [1.807, 2.05) is 4.68 Å². The zero-order valence-corrected chi connectivity index (χ0v) is 12.2. The summed E-state index contributed by atoms with van der Waals surface area (Å²) < 4.78 is 1.81. The molecule has 1 heterocycles. The molecule has 1 N–H and O–H groups in total. The molecule has 0 bridgehead atoms. The number of rotatable bonds is 4. The van der Waals surface area contributed by atoms with Gasteiger partial charge in [0, 0.05) is 5.92 Å². The van der Waals surface area contributed by atoms with Gasteiger partial charge in [-0.05, 0) is 47.9 Å². The summed E-state index contributed by atoms with van der Waals surface area (Å²) in [4.78, 5) is 11.8. The van der Waals surface area contributed by atoms with E-state index in [1.165, 1.54) is 19.3 Å². The summed E-state index contributed by atoms with van der Waals surface area (Å²) in [6, 6.07) is 0. The average Bonchev–Trinajstić information content (AvgIpc) is 2.86. The standard InChI is InChI=1S/C15H22N4O2/c20-14(21)15(7-2-1-3-8-15)9-19-13(16-17-18-19)12-10-5-4-6-11(10)12/h10-12H,1-9H2,(H,20,21). The van der Waals surface area contributed by atoms with Crippen LogP contribution in [0.15, 0.2) is 0 Å². The largest absolute Gasteiger partial charge is 0.481 e. The van der Waals surface area contributed by atoms with Crippen molar-refractivity contribution in [3.05, 3.63) is 5.82 Å².